The van der Waals surface area contributed by atoms with E-state index in [0.29, 0.717) is 28.4 Å². The van der Waals surface area contributed by atoms with Crippen LogP contribution in [0.3, 0.4) is 0 Å². The Morgan fingerprint density at radius 3 is 2.51 bits per heavy atom. The van der Waals surface area contributed by atoms with Gasteiger partial charge in [-0.25, -0.2) is 4.79 Å². The van der Waals surface area contributed by atoms with Crippen molar-refractivity contribution in [2.75, 3.05) is 14.2 Å². The average Bonchev–Trinajstić information content (AvgIpc) is 3.53. The van der Waals surface area contributed by atoms with Crippen LogP contribution in [0.25, 0.3) is 23.2 Å². The van der Waals surface area contributed by atoms with Crippen LogP contribution in [-0.2, 0) is 4.79 Å². The van der Waals surface area contributed by atoms with Crippen LogP contribution in [0.1, 0.15) is 5.69 Å². The van der Waals surface area contributed by atoms with E-state index in [1.807, 2.05) is 0 Å². The third-order valence-electron chi connectivity index (χ3n) is 4.79. The number of methoxy groups -OCH3 is 2. The first kappa shape index (κ1) is 23.6. The van der Waals surface area contributed by atoms with Gasteiger partial charge in [-0.3, -0.25) is 10.1 Å². The van der Waals surface area contributed by atoms with Crippen molar-refractivity contribution in [3.05, 3.63) is 81.5 Å². The molecule has 2 heterocycles. The minimum atomic E-state index is -1.20. The summed E-state index contributed by atoms with van der Waals surface area (Å²) < 4.78 is 17.8. The Morgan fingerprint density at radius 1 is 1.11 bits per heavy atom. The largest absolute Gasteiger partial charge is 0.497 e. The highest BCUT2D eigenvalue weighted by atomic mass is 32.2. The standard InChI is InChI=1S/C23H18N4O7S/c1-32-18-9-14(10-19(13-18)33-2)21-24-25-23(34-21)35-20(22(28)29)12-16-7-4-8-26(16)15-5-3-6-17(11-15)27(30)31/h3-13H,1-2H3,(H,28,29)/b20-12-. The number of carboxylic acids is 1. The fourth-order valence-electron chi connectivity index (χ4n) is 3.17. The number of carboxylic acid groups (broad SMARTS) is 1. The van der Waals surface area contributed by atoms with Crippen LogP contribution in [0.15, 0.2) is 75.3 Å². The van der Waals surface area contributed by atoms with Gasteiger partial charge in [0.25, 0.3) is 10.9 Å². The molecule has 0 bridgehead atoms. The minimum Gasteiger partial charge on any atom is -0.497 e. The Bertz CT molecular complexity index is 1400. The van der Waals surface area contributed by atoms with Gasteiger partial charge in [0.2, 0.25) is 5.89 Å². The molecule has 0 saturated heterocycles. The zero-order valence-electron chi connectivity index (χ0n) is 18.4. The molecule has 0 fully saturated rings. The number of hydrogen-bond acceptors (Lipinski definition) is 9. The van der Waals surface area contributed by atoms with Crippen LogP contribution >= 0.6 is 11.8 Å². The number of carbonyl (C=O) groups is 1. The summed E-state index contributed by atoms with van der Waals surface area (Å²) in [5.41, 5.74) is 1.47. The second kappa shape index (κ2) is 10.1. The van der Waals surface area contributed by atoms with Crippen molar-refractivity contribution >= 4 is 29.5 Å². The maximum atomic E-state index is 12.0. The van der Waals surface area contributed by atoms with Crippen molar-refractivity contribution in [1.82, 2.24) is 14.8 Å². The lowest BCUT2D eigenvalue weighted by Crippen LogP contribution is -2.00. The van der Waals surface area contributed by atoms with Crippen molar-refractivity contribution in [3.8, 4) is 28.6 Å². The molecule has 0 aliphatic heterocycles. The van der Waals surface area contributed by atoms with Gasteiger partial charge in [-0.15, -0.1) is 10.2 Å². The van der Waals surface area contributed by atoms with E-state index in [0.717, 1.165) is 11.8 Å². The van der Waals surface area contributed by atoms with Crippen LogP contribution in [0.2, 0.25) is 0 Å². The van der Waals surface area contributed by atoms with Gasteiger partial charge in [0.15, 0.2) is 0 Å². The lowest BCUT2D eigenvalue weighted by atomic mass is 10.2. The van der Waals surface area contributed by atoms with Gasteiger partial charge < -0.3 is 23.6 Å². The van der Waals surface area contributed by atoms with E-state index in [2.05, 4.69) is 10.2 Å². The zero-order chi connectivity index (χ0) is 24.9. The summed E-state index contributed by atoms with van der Waals surface area (Å²) >= 11 is 0.780. The van der Waals surface area contributed by atoms with Crippen molar-refractivity contribution in [2.45, 2.75) is 5.22 Å². The van der Waals surface area contributed by atoms with Gasteiger partial charge in [0, 0.05) is 35.7 Å². The van der Waals surface area contributed by atoms with Crippen LogP contribution in [0.5, 0.6) is 11.5 Å². The molecule has 0 aliphatic rings. The second-order valence-corrected chi connectivity index (χ2v) is 7.96. The number of aliphatic carboxylic acids is 1. The highest BCUT2D eigenvalue weighted by Gasteiger charge is 2.18. The molecule has 2 aromatic carbocycles. The lowest BCUT2D eigenvalue weighted by Gasteiger charge is -2.07. The smallest absolute Gasteiger partial charge is 0.342 e. The van der Waals surface area contributed by atoms with E-state index in [4.69, 9.17) is 13.9 Å². The molecule has 178 valence electrons. The maximum Gasteiger partial charge on any atom is 0.342 e. The Morgan fingerprint density at radius 2 is 1.86 bits per heavy atom. The second-order valence-electron chi connectivity index (χ2n) is 6.97. The fraction of sp³-hybridized carbons (Fsp3) is 0.0870. The normalized spacial score (nSPS) is 11.3. The summed E-state index contributed by atoms with van der Waals surface area (Å²) in [6, 6.07) is 14.5. The molecule has 0 spiro atoms. The van der Waals surface area contributed by atoms with E-state index in [-0.39, 0.29) is 21.7 Å². The summed E-state index contributed by atoms with van der Waals surface area (Å²) in [7, 11) is 3.03. The molecule has 11 nitrogen and oxygen atoms in total. The summed E-state index contributed by atoms with van der Waals surface area (Å²) in [6.07, 6.45) is 3.10. The number of non-ortho nitro benzene ring substituents is 1. The molecule has 4 rings (SSSR count). The summed E-state index contributed by atoms with van der Waals surface area (Å²) in [5.74, 6) is 0.0126. The molecule has 0 aliphatic carbocycles. The number of ether oxygens (including phenoxy) is 2. The maximum absolute atomic E-state index is 12.0. The molecule has 0 atom stereocenters. The van der Waals surface area contributed by atoms with E-state index >= 15 is 0 Å². The number of benzene rings is 2. The van der Waals surface area contributed by atoms with Gasteiger partial charge in [0.1, 0.15) is 16.4 Å². The molecule has 0 unspecified atom stereocenters. The number of thioether (sulfide) groups is 1. The highest BCUT2D eigenvalue weighted by Crippen LogP contribution is 2.33. The first-order valence-corrected chi connectivity index (χ1v) is 10.8. The number of rotatable bonds is 9. The number of hydrogen-bond donors (Lipinski definition) is 1. The van der Waals surface area contributed by atoms with Gasteiger partial charge >= 0.3 is 5.97 Å². The lowest BCUT2D eigenvalue weighted by molar-refractivity contribution is -0.384. The molecule has 35 heavy (non-hydrogen) atoms. The summed E-state index contributed by atoms with van der Waals surface area (Å²) in [5, 5.41) is 28.8. The third-order valence-corrected chi connectivity index (χ3v) is 5.64. The van der Waals surface area contributed by atoms with Crippen molar-refractivity contribution in [2.24, 2.45) is 0 Å². The zero-order valence-corrected chi connectivity index (χ0v) is 19.3. The van der Waals surface area contributed by atoms with Crippen LogP contribution in [-0.4, -0.2) is 45.0 Å². The molecular weight excluding hydrogens is 476 g/mol. The Balaban J connectivity index is 1.63. The summed E-state index contributed by atoms with van der Waals surface area (Å²) in [4.78, 5) is 22.5. The molecule has 0 radical (unpaired) electrons. The van der Waals surface area contributed by atoms with E-state index in [1.54, 1.807) is 53.2 Å². The Hall–Kier alpha value is -4.58. The number of nitro benzene ring substituents is 1. The van der Waals surface area contributed by atoms with Crippen molar-refractivity contribution in [3.63, 3.8) is 0 Å². The minimum absolute atomic E-state index is 0.0175. The number of nitrogens with zero attached hydrogens (tertiary/aromatic N) is 4. The quantitative estimate of drug-likeness (QED) is 0.151. The predicted molar refractivity (Wildman–Crippen MR) is 127 cm³/mol. The molecular formula is C23H18N4O7S. The molecule has 4 aromatic rings. The predicted octanol–water partition coefficient (Wildman–Crippen LogP) is 4.67. The molecule has 0 saturated carbocycles. The van der Waals surface area contributed by atoms with Crippen LogP contribution < -0.4 is 9.47 Å². The third kappa shape index (κ3) is 5.33. The average molecular weight is 494 g/mol. The number of nitro groups is 1. The monoisotopic (exact) mass is 494 g/mol. The van der Waals surface area contributed by atoms with Crippen molar-refractivity contribution < 1.29 is 28.7 Å². The van der Waals surface area contributed by atoms with Crippen molar-refractivity contribution in [1.29, 1.82) is 0 Å². The van der Waals surface area contributed by atoms with E-state index < -0.39 is 10.9 Å². The van der Waals surface area contributed by atoms with E-state index in [9.17, 15) is 20.0 Å². The molecule has 12 heteroatoms. The molecule has 0 amide bonds. The SMILES string of the molecule is COc1cc(OC)cc(-c2nnc(S/C(=C\c3cccn3-c3cccc([N+](=O)[O-])c3)C(=O)O)o2)c1. The summed E-state index contributed by atoms with van der Waals surface area (Å²) in [6.45, 7) is 0. The van der Waals surface area contributed by atoms with Gasteiger partial charge in [-0.1, -0.05) is 6.07 Å². The Kier molecular flexibility index (Phi) is 6.83. The molecule has 1 N–H and O–H groups in total. The van der Waals surface area contributed by atoms with Gasteiger partial charge in [-0.2, -0.15) is 0 Å². The Labute approximate surface area is 202 Å². The topological polar surface area (TPSA) is 143 Å². The van der Waals surface area contributed by atoms with Crippen LogP contribution in [0, 0.1) is 10.1 Å². The van der Waals surface area contributed by atoms with E-state index in [1.165, 1.54) is 32.4 Å². The van der Waals surface area contributed by atoms with Crippen LogP contribution in [0.4, 0.5) is 5.69 Å². The van der Waals surface area contributed by atoms with Gasteiger partial charge in [0.05, 0.1) is 24.8 Å². The fourth-order valence-corrected chi connectivity index (χ4v) is 3.82. The first-order chi connectivity index (χ1) is 16.9. The first-order valence-electron chi connectivity index (χ1n) is 10.00. The highest BCUT2D eigenvalue weighted by molar-refractivity contribution is 8.03. The van der Waals surface area contributed by atoms with Gasteiger partial charge in [-0.05, 0) is 48.2 Å². The number of aromatic nitrogens is 3. The molecule has 2 aromatic heterocycles.